The van der Waals surface area contributed by atoms with Crippen LogP contribution in [0.1, 0.15) is 51.4 Å². The van der Waals surface area contributed by atoms with Gasteiger partial charge in [0.2, 0.25) is 0 Å². The Morgan fingerprint density at radius 1 is 0.938 bits per heavy atom. The van der Waals surface area contributed by atoms with Crippen molar-refractivity contribution in [2.24, 2.45) is 11.3 Å². The van der Waals surface area contributed by atoms with Crippen molar-refractivity contribution in [3.63, 3.8) is 0 Å². The minimum absolute atomic E-state index is 0. The summed E-state index contributed by atoms with van der Waals surface area (Å²) in [7, 11) is 0. The Balaban J connectivity index is 0.00000128. The van der Waals surface area contributed by atoms with Crippen LogP contribution in [0.3, 0.4) is 0 Å². The third-order valence-electron chi connectivity index (χ3n) is 4.49. The monoisotopic (exact) mass is 258 g/mol. The van der Waals surface area contributed by atoms with Gasteiger partial charge in [0.1, 0.15) is 0 Å². The molecule has 2 saturated carbocycles. The van der Waals surface area contributed by atoms with Crippen molar-refractivity contribution in [1.29, 1.82) is 0 Å². The topological polar surface area (TPSA) is 0 Å². The molecule has 0 heterocycles. The van der Waals surface area contributed by atoms with Crippen molar-refractivity contribution in [1.82, 2.24) is 0 Å². The summed E-state index contributed by atoms with van der Waals surface area (Å²) < 4.78 is 37.5. The van der Waals surface area contributed by atoms with Crippen LogP contribution in [0.25, 0.3) is 0 Å². The van der Waals surface area contributed by atoms with Gasteiger partial charge in [-0.2, -0.15) is 0 Å². The van der Waals surface area contributed by atoms with Crippen molar-refractivity contribution in [3.8, 4) is 0 Å². The van der Waals surface area contributed by atoms with Gasteiger partial charge in [-0.15, -0.1) is 0 Å². The van der Waals surface area contributed by atoms with Gasteiger partial charge in [-0.3, -0.25) is 0 Å². The third-order valence-corrected chi connectivity index (χ3v) is 4.49. The van der Waals surface area contributed by atoms with E-state index in [9.17, 15) is 12.9 Å². The summed E-state index contributed by atoms with van der Waals surface area (Å²) in [5.74, 6) is -0.0437. The van der Waals surface area contributed by atoms with Crippen molar-refractivity contribution >= 4 is 6.98 Å². The summed E-state index contributed by atoms with van der Waals surface area (Å²) in [6, 6.07) is 0. The van der Waals surface area contributed by atoms with E-state index in [1.807, 2.05) is 0 Å². The fourth-order valence-electron chi connectivity index (χ4n) is 3.82. The Labute approximate surface area is 139 Å². The van der Waals surface area contributed by atoms with Crippen LogP contribution in [-0.4, -0.2) is 6.98 Å². The summed E-state index contributed by atoms with van der Waals surface area (Å²) in [6.45, 7) is -4.58. The molecule has 5 heteroatoms. The zero-order chi connectivity index (χ0) is 10.9. The van der Waals surface area contributed by atoms with Crippen molar-refractivity contribution in [3.05, 3.63) is 0 Å². The molecule has 0 aromatic carbocycles. The molecule has 0 N–H and O–H groups in total. The van der Waals surface area contributed by atoms with Gasteiger partial charge >= 0.3 is 58.4 Å². The van der Waals surface area contributed by atoms with Crippen LogP contribution >= 0.6 is 0 Å². The average Bonchev–Trinajstić information content (AvgIpc) is 2.48. The first kappa shape index (κ1) is 15.5. The minimum Gasteiger partial charge on any atom is -0.449 e. The summed E-state index contributed by atoms with van der Waals surface area (Å²) in [6.07, 6.45) is 8.09. The molecule has 0 radical (unpaired) electrons. The number of halogens is 3. The van der Waals surface area contributed by atoms with Crippen LogP contribution in [0, 0.1) is 11.3 Å². The molecular weight excluding hydrogens is 239 g/mol. The summed E-state index contributed by atoms with van der Waals surface area (Å²) >= 11 is 0. The molecule has 2 fully saturated rings. The maximum Gasteiger partial charge on any atom is 1.00 e. The molecule has 16 heavy (non-hydrogen) atoms. The van der Waals surface area contributed by atoms with Crippen LogP contribution in [0.15, 0.2) is 0 Å². The molecule has 0 aliphatic heterocycles. The zero-order valence-corrected chi connectivity index (χ0v) is 13.3. The Bertz CT molecular complexity index is 224. The Morgan fingerprint density at radius 3 is 2.06 bits per heavy atom. The first-order chi connectivity index (χ1) is 7.02. The van der Waals surface area contributed by atoms with Crippen LogP contribution in [0.5, 0.6) is 0 Å². The molecule has 0 nitrogen and oxygen atoms in total. The second-order valence-electron chi connectivity index (χ2n) is 5.46. The van der Waals surface area contributed by atoms with E-state index in [0.717, 1.165) is 44.9 Å². The smallest absolute Gasteiger partial charge is 0.449 e. The average molecular weight is 258 g/mol. The van der Waals surface area contributed by atoms with E-state index in [1.165, 1.54) is 6.42 Å². The van der Waals surface area contributed by atoms with Crippen LogP contribution in [0.4, 0.5) is 12.9 Å². The van der Waals surface area contributed by atoms with Crippen LogP contribution in [0.2, 0.25) is 6.32 Å². The van der Waals surface area contributed by atoms with E-state index in [1.54, 1.807) is 0 Å². The van der Waals surface area contributed by atoms with E-state index in [-0.39, 0.29) is 62.7 Å². The third kappa shape index (κ3) is 3.74. The predicted molar refractivity (Wildman–Crippen MR) is 56.7 cm³/mol. The van der Waals surface area contributed by atoms with E-state index in [4.69, 9.17) is 0 Å². The van der Waals surface area contributed by atoms with Gasteiger partial charge in [0.25, 0.3) is 0 Å². The molecule has 0 aromatic rings. The summed E-state index contributed by atoms with van der Waals surface area (Å²) in [4.78, 5) is 0. The molecule has 2 aliphatic carbocycles. The summed E-state index contributed by atoms with van der Waals surface area (Å²) in [5.41, 5.74) is 0.0928. The number of rotatable bonds is 2. The summed E-state index contributed by atoms with van der Waals surface area (Å²) in [5, 5.41) is 0. The van der Waals surface area contributed by atoms with Crippen LogP contribution < -0.4 is 51.4 Å². The second kappa shape index (κ2) is 6.09. The van der Waals surface area contributed by atoms with Crippen molar-refractivity contribution < 1.29 is 64.3 Å². The molecular formula is C11H19BF3K. The number of hydrogen-bond acceptors (Lipinski definition) is 0. The Hall–Kier alpha value is 1.49. The first-order valence-corrected chi connectivity index (χ1v) is 6.23. The maximum atomic E-state index is 12.5. The van der Waals surface area contributed by atoms with Gasteiger partial charge in [-0.05, 0) is 24.7 Å². The molecule has 1 spiro atoms. The molecule has 1 unspecified atom stereocenters. The quantitative estimate of drug-likeness (QED) is 0.660. The van der Waals surface area contributed by atoms with Gasteiger partial charge in [0, 0.05) is 0 Å². The van der Waals surface area contributed by atoms with Gasteiger partial charge in [0.05, 0.1) is 0 Å². The maximum absolute atomic E-state index is 12.5. The predicted octanol–water partition coefficient (Wildman–Crippen LogP) is 1.59. The fraction of sp³-hybridized carbons (Fsp3) is 1.00. The molecule has 0 bridgehead atoms. The molecule has 88 valence electrons. The van der Waals surface area contributed by atoms with Gasteiger partial charge in [0.15, 0.2) is 0 Å². The minimum atomic E-state index is -4.58. The van der Waals surface area contributed by atoms with Crippen molar-refractivity contribution in [2.75, 3.05) is 0 Å². The van der Waals surface area contributed by atoms with E-state index >= 15 is 0 Å². The molecule has 0 saturated heterocycles. The Kier molecular flexibility index (Phi) is 5.92. The van der Waals surface area contributed by atoms with E-state index in [2.05, 4.69) is 0 Å². The van der Waals surface area contributed by atoms with Gasteiger partial charge in [-0.25, -0.2) is 0 Å². The molecule has 1 atom stereocenters. The SMILES string of the molecule is F[B-](F)(F)CC1CCCC12CCCCC2.[K+]. The zero-order valence-electron chi connectivity index (χ0n) is 10.2. The number of hydrogen-bond donors (Lipinski definition) is 0. The van der Waals surface area contributed by atoms with E-state index < -0.39 is 13.3 Å². The normalized spacial score (nSPS) is 29.1. The van der Waals surface area contributed by atoms with E-state index in [0.29, 0.717) is 0 Å². The molecule has 2 aliphatic rings. The Morgan fingerprint density at radius 2 is 1.50 bits per heavy atom. The first-order valence-electron chi connectivity index (χ1n) is 6.23. The molecule has 0 aromatic heterocycles. The second-order valence-corrected chi connectivity index (χ2v) is 5.46. The molecule has 0 amide bonds. The van der Waals surface area contributed by atoms with Crippen molar-refractivity contribution in [2.45, 2.75) is 57.7 Å². The van der Waals surface area contributed by atoms with Crippen LogP contribution in [-0.2, 0) is 0 Å². The standard InChI is InChI=1S/C11H19BF3.K/c13-12(14,15)9-10-5-4-8-11(10)6-2-1-3-7-11;/h10H,1-9H2;/q-1;+1. The van der Waals surface area contributed by atoms with Gasteiger partial charge in [-0.1, -0.05) is 44.3 Å². The molecule has 2 rings (SSSR count). The largest absolute Gasteiger partial charge is 1.00 e. The fourth-order valence-corrected chi connectivity index (χ4v) is 3.82. The van der Waals surface area contributed by atoms with Gasteiger partial charge < -0.3 is 12.9 Å².